The summed E-state index contributed by atoms with van der Waals surface area (Å²) in [6.07, 6.45) is 4.11. The van der Waals surface area contributed by atoms with Crippen LogP contribution in [0, 0.1) is 0 Å². The largest absolute Gasteiger partial charge is 0.295 e. The molecule has 70 valence electrons. The number of allylic oxidation sites excluding steroid dienone is 2. The van der Waals surface area contributed by atoms with Crippen molar-refractivity contribution in [3.63, 3.8) is 0 Å². The van der Waals surface area contributed by atoms with Crippen LogP contribution in [0.15, 0.2) is 9.15 Å². The molecule has 0 bridgehead atoms. The van der Waals surface area contributed by atoms with Crippen LogP contribution in [0.4, 0.5) is 0 Å². The van der Waals surface area contributed by atoms with Crippen LogP contribution in [0.5, 0.6) is 0 Å². The highest BCUT2D eigenvalue weighted by Crippen LogP contribution is 2.14. The fourth-order valence-corrected chi connectivity index (χ4v) is 1.22. The Morgan fingerprint density at radius 1 is 1.25 bits per heavy atom. The van der Waals surface area contributed by atoms with E-state index in [0.717, 1.165) is 22.0 Å². The summed E-state index contributed by atoms with van der Waals surface area (Å²) in [7, 11) is 0. The monoisotopic (exact) mass is 280 g/mol. The maximum Gasteiger partial charge on any atom is 0.159 e. The molecule has 12 heavy (non-hydrogen) atoms. The molecule has 0 N–H and O–H groups in total. The third kappa shape index (κ3) is 4.91. The predicted molar refractivity (Wildman–Crippen MR) is 61.5 cm³/mol. The number of Topliss-reactive ketones (excluding diaryl/α,β-unsaturated/α-hetero) is 1. The van der Waals surface area contributed by atoms with E-state index in [1.54, 1.807) is 0 Å². The molecule has 0 aromatic heterocycles. The van der Waals surface area contributed by atoms with Gasteiger partial charge in [0.15, 0.2) is 5.78 Å². The molecular formula is C10H17IO. The number of carbonyl (C=O) groups excluding carboxylic acids is 1. The molecule has 0 aliphatic carbocycles. The topological polar surface area (TPSA) is 17.1 Å². The molecule has 2 heteroatoms. The number of rotatable bonds is 5. The average Bonchev–Trinajstić information content (AvgIpc) is 2.03. The molecule has 0 heterocycles. The minimum absolute atomic E-state index is 0.315. The van der Waals surface area contributed by atoms with Crippen LogP contribution in [0.25, 0.3) is 0 Å². The van der Waals surface area contributed by atoms with Crippen molar-refractivity contribution >= 4 is 28.4 Å². The van der Waals surface area contributed by atoms with E-state index in [2.05, 4.69) is 29.5 Å². The Hall–Kier alpha value is 0.140. The lowest BCUT2D eigenvalue weighted by Gasteiger charge is -2.01. The van der Waals surface area contributed by atoms with Gasteiger partial charge in [0, 0.05) is 12.0 Å². The molecule has 0 atom stereocenters. The van der Waals surface area contributed by atoms with Crippen LogP contribution in [0.3, 0.4) is 0 Å². The number of hydrogen-bond donors (Lipinski definition) is 0. The van der Waals surface area contributed by atoms with Crippen LogP contribution in [-0.4, -0.2) is 5.78 Å². The van der Waals surface area contributed by atoms with Crippen LogP contribution in [0.1, 0.15) is 46.5 Å². The molecule has 0 fully saturated rings. The molecular weight excluding hydrogens is 263 g/mol. The Morgan fingerprint density at radius 2 is 1.83 bits per heavy atom. The van der Waals surface area contributed by atoms with Crippen molar-refractivity contribution in [2.24, 2.45) is 0 Å². The van der Waals surface area contributed by atoms with Gasteiger partial charge < -0.3 is 0 Å². The Balaban J connectivity index is 3.81. The van der Waals surface area contributed by atoms with Gasteiger partial charge in [-0.05, 0) is 46.4 Å². The second kappa shape index (κ2) is 6.63. The number of hydrogen-bond acceptors (Lipinski definition) is 1. The number of ketones is 1. The third-order valence-electron chi connectivity index (χ3n) is 1.94. The molecule has 0 amide bonds. The summed E-state index contributed by atoms with van der Waals surface area (Å²) < 4.78 is 1.12. The molecule has 0 aromatic carbocycles. The summed E-state index contributed by atoms with van der Waals surface area (Å²) in [4.78, 5) is 11.4. The van der Waals surface area contributed by atoms with Gasteiger partial charge in [-0.3, -0.25) is 4.79 Å². The maximum absolute atomic E-state index is 11.4. The number of carbonyl (C=O) groups is 1. The molecule has 0 aliphatic heterocycles. The second-order valence-corrected chi connectivity index (χ2v) is 4.66. The quantitative estimate of drug-likeness (QED) is 0.424. The normalized spacial score (nSPS) is 12.7. The van der Waals surface area contributed by atoms with Gasteiger partial charge >= 0.3 is 0 Å². The van der Waals surface area contributed by atoms with Crippen molar-refractivity contribution < 1.29 is 4.79 Å². The predicted octanol–water partition coefficient (Wildman–Crippen LogP) is 3.86. The second-order valence-electron chi connectivity index (χ2n) is 3.04. The van der Waals surface area contributed by atoms with Crippen molar-refractivity contribution in [1.29, 1.82) is 0 Å². The van der Waals surface area contributed by atoms with Gasteiger partial charge in [0.1, 0.15) is 0 Å². The first-order valence-corrected chi connectivity index (χ1v) is 5.53. The minimum atomic E-state index is 0.315. The zero-order chi connectivity index (χ0) is 9.56. The molecule has 1 nitrogen and oxygen atoms in total. The lowest BCUT2D eigenvalue weighted by molar-refractivity contribution is -0.115. The first kappa shape index (κ1) is 12.1. The van der Waals surface area contributed by atoms with Crippen LogP contribution >= 0.6 is 22.6 Å². The first-order valence-electron chi connectivity index (χ1n) is 4.45. The summed E-state index contributed by atoms with van der Waals surface area (Å²) in [6.45, 7) is 6.04. The standard InChI is InChI=1S/C10H17IO/c1-4-5-6-7-10(12)8(2)9(3)11/h4-7H2,1-3H3/b9-8-. The van der Waals surface area contributed by atoms with Crippen molar-refractivity contribution in [3.8, 4) is 0 Å². The van der Waals surface area contributed by atoms with Gasteiger partial charge in [-0.1, -0.05) is 19.8 Å². The van der Waals surface area contributed by atoms with Crippen LogP contribution < -0.4 is 0 Å². The Labute approximate surface area is 88.8 Å². The highest BCUT2D eigenvalue weighted by Gasteiger charge is 2.05. The van der Waals surface area contributed by atoms with E-state index in [1.165, 1.54) is 12.8 Å². The van der Waals surface area contributed by atoms with Gasteiger partial charge in [0.05, 0.1) is 0 Å². The molecule has 0 rings (SSSR count). The maximum atomic E-state index is 11.4. The lowest BCUT2D eigenvalue weighted by atomic mass is 10.1. The highest BCUT2D eigenvalue weighted by atomic mass is 127. The number of halogens is 1. The minimum Gasteiger partial charge on any atom is -0.295 e. The molecule has 0 unspecified atom stereocenters. The average molecular weight is 280 g/mol. The van der Waals surface area contributed by atoms with Crippen LogP contribution in [-0.2, 0) is 4.79 Å². The van der Waals surface area contributed by atoms with E-state index in [4.69, 9.17) is 0 Å². The van der Waals surface area contributed by atoms with Crippen molar-refractivity contribution in [2.45, 2.75) is 46.5 Å². The summed E-state index contributed by atoms with van der Waals surface area (Å²) in [5.41, 5.74) is 0.937. The fourth-order valence-electron chi connectivity index (χ4n) is 0.915. The summed E-state index contributed by atoms with van der Waals surface area (Å²) in [5, 5.41) is 0. The highest BCUT2D eigenvalue weighted by molar-refractivity contribution is 14.1. The summed E-state index contributed by atoms with van der Waals surface area (Å²) >= 11 is 2.20. The van der Waals surface area contributed by atoms with Gasteiger partial charge in [0.25, 0.3) is 0 Å². The fraction of sp³-hybridized carbons (Fsp3) is 0.700. The Morgan fingerprint density at radius 3 is 2.25 bits per heavy atom. The van der Waals surface area contributed by atoms with Crippen LogP contribution in [0.2, 0.25) is 0 Å². The van der Waals surface area contributed by atoms with Crippen molar-refractivity contribution in [1.82, 2.24) is 0 Å². The summed E-state index contributed by atoms with van der Waals surface area (Å²) in [6, 6.07) is 0. The van der Waals surface area contributed by atoms with E-state index < -0.39 is 0 Å². The first-order chi connectivity index (χ1) is 5.59. The third-order valence-corrected chi connectivity index (χ3v) is 2.75. The lowest BCUT2D eigenvalue weighted by Crippen LogP contribution is -1.99. The van der Waals surface area contributed by atoms with Gasteiger partial charge in [-0.15, -0.1) is 0 Å². The molecule has 0 saturated heterocycles. The molecule has 0 spiro atoms. The van der Waals surface area contributed by atoms with Gasteiger partial charge in [-0.2, -0.15) is 0 Å². The smallest absolute Gasteiger partial charge is 0.159 e. The van der Waals surface area contributed by atoms with E-state index in [0.29, 0.717) is 5.78 Å². The summed E-state index contributed by atoms with van der Waals surface area (Å²) in [5.74, 6) is 0.315. The number of unbranched alkanes of at least 4 members (excludes halogenated alkanes) is 2. The van der Waals surface area contributed by atoms with Gasteiger partial charge in [0.2, 0.25) is 0 Å². The Kier molecular flexibility index (Phi) is 6.71. The SMILES string of the molecule is CCCCCC(=O)/C(C)=C(/C)I. The zero-order valence-corrected chi connectivity index (χ0v) is 10.3. The van der Waals surface area contributed by atoms with E-state index in [-0.39, 0.29) is 0 Å². The van der Waals surface area contributed by atoms with E-state index in [1.807, 2.05) is 13.8 Å². The zero-order valence-electron chi connectivity index (χ0n) is 8.11. The van der Waals surface area contributed by atoms with Crippen molar-refractivity contribution in [2.75, 3.05) is 0 Å². The molecule has 0 aliphatic rings. The molecule has 0 radical (unpaired) electrons. The van der Waals surface area contributed by atoms with E-state index in [9.17, 15) is 4.79 Å². The molecule has 0 aromatic rings. The van der Waals surface area contributed by atoms with E-state index >= 15 is 0 Å². The van der Waals surface area contributed by atoms with Gasteiger partial charge in [-0.25, -0.2) is 0 Å². The molecule has 0 saturated carbocycles. The van der Waals surface area contributed by atoms with Crippen molar-refractivity contribution in [3.05, 3.63) is 9.15 Å². The Bertz CT molecular complexity index is 178.